The molecule has 4 heteroatoms. The molecule has 8 aliphatic rings. The summed E-state index contributed by atoms with van der Waals surface area (Å²) in [4.78, 5) is 7.86. The van der Waals surface area contributed by atoms with Gasteiger partial charge in [0, 0.05) is 60.3 Å². The summed E-state index contributed by atoms with van der Waals surface area (Å²) in [5.41, 5.74) is 23.8. The molecule has 0 saturated heterocycles. The number of nitrogens with zero attached hydrogens (tertiary/aromatic N) is 2. The summed E-state index contributed by atoms with van der Waals surface area (Å²) < 4.78 is 2.46. The van der Waals surface area contributed by atoms with Gasteiger partial charge in [0.25, 0.3) is 0 Å². The molecule has 0 amide bonds. The minimum atomic E-state index is -0.353. The normalized spacial score (nSPS) is 22.6. The molecular formula is C82H60N2S2. The van der Waals surface area contributed by atoms with E-state index in [0.29, 0.717) is 11.8 Å². The molecule has 0 N–H and O–H groups in total. The molecule has 6 atom stereocenters. The molecule has 4 heterocycles. The van der Waals surface area contributed by atoms with Crippen LogP contribution < -0.4 is 4.90 Å². The molecule has 2 nitrogen and oxygen atoms in total. The number of allylic oxidation sites excluding steroid dienone is 17. The van der Waals surface area contributed by atoms with Gasteiger partial charge in [0.1, 0.15) is 0 Å². The second-order valence-electron chi connectivity index (χ2n) is 24.3. The Kier molecular flexibility index (Phi) is 11.4. The Morgan fingerprint density at radius 1 is 0.605 bits per heavy atom. The second-order valence-corrected chi connectivity index (χ2v) is 27.2. The Morgan fingerprint density at radius 3 is 2.38 bits per heavy atom. The van der Waals surface area contributed by atoms with Gasteiger partial charge in [0.2, 0.25) is 0 Å². The van der Waals surface area contributed by atoms with Crippen LogP contribution in [0.2, 0.25) is 0 Å². The van der Waals surface area contributed by atoms with Crippen LogP contribution in [0.4, 0.5) is 11.4 Å². The molecule has 8 aromatic carbocycles. The van der Waals surface area contributed by atoms with Crippen molar-refractivity contribution in [3.05, 3.63) is 332 Å². The summed E-state index contributed by atoms with van der Waals surface area (Å²) >= 11 is 1.87. The van der Waals surface area contributed by atoms with Crippen LogP contribution in [0.1, 0.15) is 69.0 Å². The third-order valence-electron chi connectivity index (χ3n) is 19.8. The maximum atomic E-state index is 4.90. The smallest absolute Gasteiger partial charge is 0.0688 e. The van der Waals surface area contributed by atoms with Crippen LogP contribution in [-0.4, -0.2) is 16.5 Å². The van der Waals surface area contributed by atoms with E-state index in [1.807, 2.05) is 11.3 Å². The molecule has 410 valence electrons. The average Bonchev–Trinajstić information content (AvgIpc) is 1.54. The first kappa shape index (κ1) is 50.0. The van der Waals surface area contributed by atoms with Gasteiger partial charge in [-0.05, 0) is 187 Å². The van der Waals surface area contributed by atoms with Crippen LogP contribution in [0.3, 0.4) is 0 Å². The van der Waals surface area contributed by atoms with Gasteiger partial charge < -0.3 is 9.47 Å². The number of aromatic nitrogens is 1. The van der Waals surface area contributed by atoms with Gasteiger partial charge in [-0.15, -0.1) is 21.8 Å². The van der Waals surface area contributed by atoms with Crippen LogP contribution >= 0.6 is 21.8 Å². The lowest BCUT2D eigenvalue weighted by molar-refractivity contribution is 0.659. The SMILES string of the molecule is C=S1C(CCc2ccc3c(c2)C2(C4=C(C=CCC4)c4ccccc42)c2cc(/C=C/c4ccc(-c5ccc6c(c5)c5ccccc5n6C5=CC6C=CC=CC6C=C5)s4)ccc2-3)=CC=C1C1=CC2c3ccccc3N(c3ccc4ccccc4c3)C2C=C1. The maximum absolute atomic E-state index is 4.90. The summed E-state index contributed by atoms with van der Waals surface area (Å²) in [6, 6.07) is 69.4. The highest BCUT2D eigenvalue weighted by Crippen LogP contribution is 2.64. The Balaban J connectivity index is 0.623. The number of benzene rings is 8. The number of rotatable bonds is 9. The van der Waals surface area contributed by atoms with Gasteiger partial charge in [-0.1, -0.05) is 212 Å². The van der Waals surface area contributed by atoms with E-state index in [-0.39, 0.29) is 27.9 Å². The van der Waals surface area contributed by atoms with E-state index in [2.05, 4.69) is 289 Å². The van der Waals surface area contributed by atoms with Crippen molar-refractivity contribution in [2.75, 3.05) is 4.90 Å². The Morgan fingerprint density at radius 2 is 1.43 bits per heavy atom. The van der Waals surface area contributed by atoms with E-state index in [9.17, 15) is 0 Å². The van der Waals surface area contributed by atoms with Crippen molar-refractivity contribution in [3.63, 3.8) is 0 Å². The molecule has 0 radical (unpaired) electrons. The topological polar surface area (TPSA) is 8.17 Å². The number of thiophene rings is 1. The first-order chi connectivity index (χ1) is 42.5. The molecule has 2 aliphatic heterocycles. The molecule has 6 aliphatic carbocycles. The number of hydrogen-bond donors (Lipinski definition) is 0. The van der Waals surface area contributed by atoms with Gasteiger partial charge in [0.15, 0.2) is 0 Å². The van der Waals surface area contributed by atoms with Crippen molar-refractivity contribution in [1.29, 1.82) is 0 Å². The molecule has 0 fully saturated rings. The largest absolute Gasteiger partial charge is 0.333 e. The number of fused-ring (bicyclic) bond motifs is 17. The number of aryl methyl sites for hydroxylation is 1. The Hall–Kier alpha value is -9.32. The first-order valence-corrected chi connectivity index (χ1v) is 32.8. The Bertz CT molecular complexity index is 5000. The van der Waals surface area contributed by atoms with Crippen molar-refractivity contribution >= 4 is 95.1 Å². The maximum Gasteiger partial charge on any atom is 0.0688 e. The van der Waals surface area contributed by atoms with E-state index in [0.717, 1.165) is 25.7 Å². The molecule has 0 saturated carbocycles. The fraction of sp³-hybridized carbons (Fsp3) is 0.110. The van der Waals surface area contributed by atoms with Gasteiger partial charge >= 0.3 is 0 Å². The lowest BCUT2D eigenvalue weighted by Gasteiger charge is -2.34. The van der Waals surface area contributed by atoms with Crippen LogP contribution in [0.5, 0.6) is 0 Å². The van der Waals surface area contributed by atoms with E-state index in [4.69, 9.17) is 5.87 Å². The molecule has 10 aromatic rings. The summed E-state index contributed by atoms with van der Waals surface area (Å²) in [6.07, 6.45) is 41.7. The van der Waals surface area contributed by atoms with Crippen LogP contribution in [0, 0.1) is 11.8 Å². The van der Waals surface area contributed by atoms with Gasteiger partial charge in [0.05, 0.1) is 22.5 Å². The quantitative estimate of drug-likeness (QED) is 0.131. The zero-order chi connectivity index (χ0) is 56.6. The van der Waals surface area contributed by atoms with Crippen molar-refractivity contribution in [1.82, 2.24) is 4.57 Å². The van der Waals surface area contributed by atoms with Crippen molar-refractivity contribution in [3.8, 4) is 21.6 Å². The average molecular weight is 1140 g/mol. The number of hydrogen-bond acceptors (Lipinski definition) is 2. The number of anilines is 2. The molecule has 2 aromatic heterocycles. The molecule has 1 spiro atoms. The van der Waals surface area contributed by atoms with Gasteiger partial charge in [-0.25, -0.2) is 0 Å². The monoisotopic (exact) mass is 1140 g/mol. The summed E-state index contributed by atoms with van der Waals surface area (Å²) in [7, 11) is -0.249. The predicted molar refractivity (Wildman–Crippen MR) is 369 cm³/mol. The molecular weight excluding hydrogens is 1080 g/mol. The van der Waals surface area contributed by atoms with E-state index < -0.39 is 0 Å². The van der Waals surface area contributed by atoms with Crippen molar-refractivity contribution in [2.24, 2.45) is 11.8 Å². The van der Waals surface area contributed by atoms with Crippen molar-refractivity contribution in [2.45, 2.75) is 43.1 Å². The predicted octanol–water partition coefficient (Wildman–Crippen LogP) is 21.3. The fourth-order valence-electron chi connectivity index (χ4n) is 15.9. The molecule has 18 rings (SSSR count). The van der Waals surface area contributed by atoms with Crippen molar-refractivity contribution < 1.29 is 0 Å². The molecule has 0 bridgehead atoms. The zero-order valence-corrected chi connectivity index (χ0v) is 49.2. The van der Waals surface area contributed by atoms with Crippen LogP contribution in [-0.2, 0) is 11.8 Å². The van der Waals surface area contributed by atoms with Gasteiger partial charge in [-0.3, -0.25) is 0 Å². The zero-order valence-electron chi connectivity index (χ0n) is 47.6. The number of para-hydroxylation sites is 2. The molecule has 86 heavy (non-hydrogen) atoms. The highest BCUT2D eigenvalue weighted by atomic mass is 32.2. The van der Waals surface area contributed by atoms with Gasteiger partial charge in [-0.2, -0.15) is 0 Å². The van der Waals surface area contributed by atoms with Crippen LogP contribution in [0.15, 0.2) is 288 Å². The lowest BCUT2D eigenvalue weighted by atomic mass is 9.67. The van der Waals surface area contributed by atoms with Crippen LogP contribution in [0.25, 0.3) is 77.6 Å². The molecule has 6 unspecified atom stereocenters. The highest BCUT2D eigenvalue weighted by molar-refractivity contribution is 8.21. The summed E-state index contributed by atoms with van der Waals surface area (Å²) in [6.45, 7) is 0. The lowest BCUT2D eigenvalue weighted by Crippen LogP contribution is -2.29. The summed E-state index contributed by atoms with van der Waals surface area (Å²) in [5.74, 6) is 5.97. The Labute approximate surface area is 509 Å². The van der Waals surface area contributed by atoms with E-state index in [1.165, 1.54) is 136 Å². The standard InChI is InChI=1S/C82H60N2S2/c1-86-63(39-45-81(86)59-33-43-79-71(51-59)69-21-9-13-25-77(69)84(79)61-35-31-55-15-3-5-17-57(55)49-61)38-27-53-29-41-67-66-40-28-52(46-74(66)82(75(67)47-53)72-22-10-6-18-64(72)65-19-7-11-23-73(65)82)26-36-62-37-44-80(85-62)58-32-42-78-70(50-58)68-20-8-12-24-76(68)83(78)60-34-30-54-14-2-4-16-56(54)48-60/h2-10,12-22,24-26,28-37,39-51,54,56,71,79H,1,11,23,27,38H2/b36-26+. The third-order valence-corrected chi connectivity index (χ3v) is 22.8. The van der Waals surface area contributed by atoms with E-state index >= 15 is 0 Å². The second kappa shape index (κ2) is 19.6. The van der Waals surface area contributed by atoms with E-state index in [1.54, 1.807) is 5.57 Å². The fourth-order valence-corrected chi connectivity index (χ4v) is 18.3. The minimum Gasteiger partial charge on any atom is -0.333 e. The minimum absolute atomic E-state index is 0.220. The highest BCUT2D eigenvalue weighted by Gasteiger charge is 2.53. The summed E-state index contributed by atoms with van der Waals surface area (Å²) in [5, 5.41) is 5.11. The first-order valence-electron chi connectivity index (χ1n) is 30.6. The third kappa shape index (κ3) is 7.62.